The molecule has 5 aliphatic rings. The van der Waals surface area contributed by atoms with Crippen molar-refractivity contribution in [2.75, 3.05) is 0 Å². The quantitative estimate of drug-likeness (QED) is 0.440. The van der Waals surface area contributed by atoms with Crippen molar-refractivity contribution >= 4 is 35.3 Å². The first-order valence-corrected chi connectivity index (χ1v) is 7.66. The van der Waals surface area contributed by atoms with Crippen LogP contribution >= 0.6 is 12.4 Å². The number of aliphatic imine (C=N–C) groups is 4. The zero-order valence-corrected chi connectivity index (χ0v) is 15.4. The van der Waals surface area contributed by atoms with Crippen molar-refractivity contribution in [3.8, 4) is 0 Å². The molecule has 127 valence electrons. The van der Waals surface area contributed by atoms with Crippen molar-refractivity contribution in [1.29, 1.82) is 0 Å². The second kappa shape index (κ2) is 7.34. The van der Waals surface area contributed by atoms with Crippen LogP contribution in [-0.4, -0.2) is 22.8 Å². The average Bonchev–Trinajstić information content (AvgIpc) is 3.32. The van der Waals surface area contributed by atoms with Crippen LogP contribution in [0.5, 0.6) is 0 Å². The first kappa shape index (κ1) is 18.2. The molecule has 8 bridgehead atoms. The Balaban J connectivity index is 0.000000980. The minimum atomic E-state index is 0. The Kier molecular flexibility index (Phi) is 5.14. The van der Waals surface area contributed by atoms with Crippen LogP contribution in [0.3, 0.4) is 0 Å². The van der Waals surface area contributed by atoms with Crippen molar-refractivity contribution in [2.45, 2.75) is 0 Å². The van der Waals surface area contributed by atoms with Gasteiger partial charge >= 0.3 is 0 Å². The predicted octanol–water partition coefficient (Wildman–Crippen LogP) is 3.80. The van der Waals surface area contributed by atoms with Gasteiger partial charge in [-0.05, 0) is 54.3 Å². The fourth-order valence-electron chi connectivity index (χ4n) is 2.76. The van der Waals surface area contributed by atoms with Gasteiger partial charge in [-0.2, -0.15) is 6.08 Å². The molecule has 5 aliphatic heterocycles. The first-order chi connectivity index (χ1) is 11.8. The molecule has 0 aromatic rings. The van der Waals surface area contributed by atoms with Crippen molar-refractivity contribution in [2.24, 2.45) is 20.0 Å². The SMILES string of the molecule is Cl.[C-]1=CC2=NC1=CC1=NC(=CC3=NC(=CC4=NC(=C2)C=C4)C=C3)C=C1.[Mn]. The zero-order valence-electron chi connectivity index (χ0n) is 13.4. The number of hydrogen-bond acceptors (Lipinski definition) is 4. The van der Waals surface area contributed by atoms with E-state index in [2.05, 4.69) is 26.0 Å². The molecule has 0 aromatic heterocycles. The Hall–Kier alpha value is -2.59. The summed E-state index contributed by atoms with van der Waals surface area (Å²) in [5, 5.41) is 0. The fourth-order valence-corrected chi connectivity index (χ4v) is 2.76. The van der Waals surface area contributed by atoms with Gasteiger partial charge in [-0.3, -0.25) is 9.98 Å². The van der Waals surface area contributed by atoms with E-state index in [1.54, 1.807) is 0 Å². The molecule has 0 saturated heterocycles. The van der Waals surface area contributed by atoms with Gasteiger partial charge in [0.2, 0.25) is 0 Å². The Morgan fingerprint density at radius 1 is 0.538 bits per heavy atom. The molecule has 0 fully saturated rings. The van der Waals surface area contributed by atoms with Gasteiger partial charge in [-0.25, -0.2) is 4.99 Å². The van der Waals surface area contributed by atoms with Gasteiger partial charge in [0, 0.05) is 22.8 Å². The molecule has 0 unspecified atom stereocenters. The number of fused-ring (bicyclic) bond motifs is 4. The number of halogens is 1. The molecular weight excluding hydrogens is 387 g/mol. The summed E-state index contributed by atoms with van der Waals surface area (Å²) in [7, 11) is 0. The third-order valence-electron chi connectivity index (χ3n) is 3.84. The smallest absolute Gasteiger partial charge is 0.0659 e. The Labute approximate surface area is 167 Å². The monoisotopic (exact) mass is 398 g/mol. The summed E-state index contributed by atoms with van der Waals surface area (Å²) in [5.41, 5.74) is 6.88. The number of nitrogens with zero attached hydrogens (tertiary/aromatic N) is 4. The van der Waals surface area contributed by atoms with Crippen molar-refractivity contribution in [3.63, 3.8) is 0 Å². The molecule has 26 heavy (non-hydrogen) atoms. The summed E-state index contributed by atoms with van der Waals surface area (Å²) < 4.78 is 0. The summed E-state index contributed by atoms with van der Waals surface area (Å²) in [6, 6.07) is 0. The van der Waals surface area contributed by atoms with Gasteiger partial charge in [0.1, 0.15) is 0 Å². The van der Waals surface area contributed by atoms with E-state index in [0.29, 0.717) is 0 Å². The Morgan fingerprint density at radius 3 is 1.54 bits per heavy atom. The fraction of sp³-hybridized carbons (Fsp3) is 0. The van der Waals surface area contributed by atoms with Crippen LogP contribution in [0, 0.1) is 6.08 Å². The van der Waals surface area contributed by atoms with Crippen molar-refractivity contribution < 1.29 is 17.1 Å². The maximum absolute atomic E-state index is 4.59. The maximum Gasteiger partial charge on any atom is 0.0659 e. The van der Waals surface area contributed by atoms with Crippen LogP contribution < -0.4 is 0 Å². The third kappa shape index (κ3) is 3.65. The molecule has 6 heteroatoms. The topological polar surface area (TPSA) is 49.4 Å². The minimum absolute atomic E-state index is 0. The molecule has 4 nitrogen and oxygen atoms in total. The van der Waals surface area contributed by atoms with Crippen LogP contribution in [0.2, 0.25) is 0 Å². The number of allylic oxidation sites excluding steroid dienone is 12. The van der Waals surface area contributed by atoms with E-state index in [9.17, 15) is 0 Å². The zero-order chi connectivity index (χ0) is 15.9. The molecule has 0 aliphatic carbocycles. The Morgan fingerprint density at radius 2 is 1.00 bits per heavy atom. The normalized spacial score (nSPS) is 20.9. The van der Waals surface area contributed by atoms with E-state index in [4.69, 9.17) is 0 Å². The third-order valence-corrected chi connectivity index (χ3v) is 3.84. The number of rotatable bonds is 0. The summed E-state index contributed by atoms with van der Waals surface area (Å²) in [5.74, 6) is 0. The molecule has 0 amide bonds. The van der Waals surface area contributed by atoms with E-state index in [1.807, 2.05) is 66.8 Å². The molecule has 5 rings (SSSR count). The second-order valence-corrected chi connectivity index (χ2v) is 5.67. The van der Waals surface area contributed by atoms with Crippen LogP contribution in [0.1, 0.15) is 0 Å². The van der Waals surface area contributed by atoms with Gasteiger partial charge in [0.15, 0.2) is 0 Å². The molecule has 5 heterocycles. The number of hydrogen-bond donors (Lipinski definition) is 0. The van der Waals surface area contributed by atoms with Gasteiger partial charge in [0.05, 0.1) is 28.5 Å². The molecular formula is C20H12ClMnN4-. The molecule has 1 radical (unpaired) electrons. The van der Waals surface area contributed by atoms with Crippen molar-refractivity contribution in [3.05, 3.63) is 95.7 Å². The van der Waals surface area contributed by atoms with E-state index < -0.39 is 0 Å². The molecule has 0 saturated carbocycles. The second-order valence-electron chi connectivity index (χ2n) is 5.67. The maximum atomic E-state index is 4.59. The van der Waals surface area contributed by atoms with Crippen molar-refractivity contribution in [1.82, 2.24) is 0 Å². The molecule has 0 spiro atoms. The van der Waals surface area contributed by atoms with Crippen LogP contribution in [-0.2, 0) is 17.1 Å². The predicted molar refractivity (Wildman–Crippen MR) is 105 cm³/mol. The first-order valence-electron chi connectivity index (χ1n) is 7.66. The Bertz CT molecular complexity index is 854. The average molecular weight is 399 g/mol. The minimum Gasteiger partial charge on any atom is -0.339 e. The molecule has 0 aromatic carbocycles. The molecule has 0 atom stereocenters. The standard InChI is InChI=1S/C20H11N4.ClH.Mn/c1-2-14-10-16-5-6-18(23-16)12-20-8-7-19(24-20)11-17-4-3-15(22-17)9-13(1)21-14;;/h1-7,9-12H;1H;/q-1;;. The summed E-state index contributed by atoms with van der Waals surface area (Å²) in [6.07, 6.45) is 24.7. The van der Waals surface area contributed by atoms with Gasteiger partial charge in [0.25, 0.3) is 0 Å². The summed E-state index contributed by atoms with van der Waals surface area (Å²) in [4.78, 5) is 18.3. The van der Waals surface area contributed by atoms with E-state index in [0.717, 1.165) is 45.6 Å². The molecule has 0 N–H and O–H groups in total. The summed E-state index contributed by atoms with van der Waals surface area (Å²) in [6.45, 7) is 0. The van der Waals surface area contributed by atoms with Gasteiger partial charge in [-0.15, -0.1) is 24.6 Å². The van der Waals surface area contributed by atoms with Gasteiger partial charge < -0.3 is 4.99 Å². The largest absolute Gasteiger partial charge is 0.339 e. The van der Waals surface area contributed by atoms with E-state index in [1.165, 1.54) is 0 Å². The van der Waals surface area contributed by atoms with Crippen LogP contribution in [0.25, 0.3) is 0 Å². The van der Waals surface area contributed by atoms with E-state index in [-0.39, 0.29) is 29.5 Å². The van der Waals surface area contributed by atoms with Crippen LogP contribution in [0.4, 0.5) is 0 Å². The van der Waals surface area contributed by atoms with E-state index >= 15 is 0 Å². The summed E-state index contributed by atoms with van der Waals surface area (Å²) >= 11 is 0. The van der Waals surface area contributed by atoms with Gasteiger partial charge in [-0.1, -0.05) is 11.8 Å². The van der Waals surface area contributed by atoms with Crippen LogP contribution in [0.15, 0.2) is 110 Å².